The van der Waals surface area contributed by atoms with Gasteiger partial charge in [-0.05, 0) is 41.7 Å². The summed E-state index contributed by atoms with van der Waals surface area (Å²) in [4.78, 5) is 19.6. The highest BCUT2D eigenvalue weighted by molar-refractivity contribution is 8.14. The van der Waals surface area contributed by atoms with Crippen molar-refractivity contribution in [2.45, 2.75) is 20.3 Å². The van der Waals surface area contributed by atoms with Crippen molar-refractivity contribution < 1.29 is 4.79 Å². The third kappa shape index (κ3) is 3.67. The fourth-order valence-corrected chi connectivity index (χ4v) is 5.01. The van der Waals surface area contributed by atoms with Gasteiger partial charge in [-0.2, -0.15) is 0 Å². The highest BCUT2D eigenvalue weighted by atomic mass is 35.5. The molecule has 29 heavy (non-hydrogen) atoms. The summed E-state index contributed by atoms with van der Waals surface area (Å²) in [7, 11) is 1.97. The van der Waals surface area contributed by atoms with Gasteiger partial charge in [-0.3, -0.25) is 4.79 Å². The van der Waals surface area contributed by atoms with E-state index in [2.05, 4.69) is 44.7 Å². The number of hydrogen-bond acceptors (Lipinski definition) is 4. The standard InChI is InChI=1S/C24H23ClN2OS/c1-15-21-22(19-8-6-5-7-17(19)13-24(21,2)3)26-23(27(15)4)29-14-20(28)16-9-11-18(25)12-10-16/h5-12H,1,13-14H2,2-4H3. The first-order chi connectivity index (χ1) is 13.8. The van der Waals surface area contributed by atoms with Crippen molar-refractivity contribution in [3.63, 3.8) is 0 Å². The number of halogens is 1. The van der Waals surface area contributed by atoms with E-state index in [9.17, 15) is 4.79 Å². The molecule has 2 aliphatic rings. The molecule has 0 amide bonds. The molecule has 0 radical (unpaired) electrons. The van der Waals surface area contributed by atoms with Crippen LogP contribution < -0.4 is 0 Å². The quantitative estimate of drug-likeness (QED) is 0.563. The maximum Gasteiger partial charge on any atom is 0.173 e. The topological polar surface area (TPSA) is 32.7 Å². The van der Waals surface area contributed by atoms with E-state index in [1.165, 1.54) is 28.5 Å². The largest absolute Gasteiger partial charge is 0.324 e. The number of Topliss-reactive ketones (excluding diaryl/α,β-unsaturated/α-hetero) is 1. The van der Waals surface area contributed by atoms with Gasteiger partial charge < -0.3 is 4.90 Å². The van der Waals surface area contributed by atoms with Crippen molar-refractivity contribution in [3.05, 3.63) is 88.1 Å². The number of fused-ring (bicyclic) bond motifs is 2. The molecule has 0 unspecified atom stereocenters. The molecule has 0 saturated heterocycles. The van der Waals surface area contributed by atoms with Gasteiger partial charge in [-0.1, -0.05) is 68.1 Å². The van der Waals surface area contributed by atoms with Gasteiger partial charge in [-0.25, -0.2) is 4.99 Å². The monoisotopic (exact) mass is 422 g/mol. The zero-order valence-corrected chi connectivity index (χ0v) is 18.4. The summed E-state index contributed by atoms with van der Waals surface area (Å²) in [5.74, 6) is 0.365. The number of benzene rings is 2. The number of aliphatic imine (C=N–C) groups is 1. The smallest absolute Gasteiger partial charge is 0.173 e. The van der Waals surface area contributed by atoms with Gasteiger partial charge in [-0.15, -0.1) is 0 Å². The molecule has 4 rings (SSSR count). The lowest BCUT2D eigenvalue weighted by Gasteiger charge is -2.41. The maximum atomic E-state index is 12.6. The molecule has 1 aliphatic heterocycles. The first-order valence-electron chi connectivity index (χ1n) is 9.54. The fourth-order valence-electron chi connectivity index (χ4n) is 4.00. The van der Waals surface area contributed by atoms with Crippen LogP contribution in [0.3, 0.4) is 0 Å². The highest BCUT2D eigenvalue weighted by Gasteiger charge is 2.38. The summed E-state index contributed by atoms with van der Waals surface area (Å²) in [5.41, 5.74) is 6.21. The van der Waals surface area contributed by atoms with E-state index in [1.807, 2.05) is 11.9 Å². The third-order valence-corrected chi connectivity index (χ3v) is 6.79. The minimum absolute atomic E-state index is 0.0478. The Morgan fingerprint density at radius 3 is 2.62 bits per heavy atom. The molecule has 5 heteroatoms. The average Bonchev–Trinajstić information content (AvgIpc) is 2.69. The highest BCUT2D eigenvalue weighted by Crippen LogP contribution is 2.48. The maximum absolute atomic E-state index is 12.6. The molecular weight excluding hydrogens is 400 g/mol. The molecule has 0 atom stereocenters. The molecule has 0 bridgehead atoms. The van der Waals surface area contributed by atoms with Gasteiger partial charge in [0.25, 0.3) is 0 Å². The van der Waals surface area contributed by atoms with Crippen molar-refractivity contribution in [1.82, 2.24) is 4.90 Å². The summed E-state index contributed by atoms with van der Waals surface area (Å²) in [6, 6.07) is 15.4. The molecule has 0 spiro atoms. The lowest BCUT2D eigenvalue weighted by molar-refractivity contribution is 0.102. The predicted octanol–water partition coefficient (Wildman–Crippen LogP) is 6.06. The Labute approximate surface area is 181 Å². The molecule has 3 nitrogen and oxygen atoms in total. The van der Waals surface area contributed by atoms with Crippen molar-refractivity contribution >= 4 is 40.0 Å². The van der Waals surface area contributed by atoms with Gasteiger partial charge in [0, 0.05) is 34.5 Å². The fraction of sp³-hybridized carbons (Fsp3) is 0.250. The van der Waals surface area contributed by atoms with E-state index in [1.54, 1.807) is 24.3 Å². The van der Waals surface area contributed by atoms with Gasteiger partial charge >= 0.3 is 0 Å². The molecule has 0 N–H and O–H groups in total. The van der Waals surface area contributed by atoms with Crippen molar-refractivity contribution in [2.24, 2.45) is 10.4 Å². The number of allylic oxidation sites excluding steroid dienone is 1. The van der Waals surface area contributed by atoms with Crippen LogP contribution in [0, 0.1) is 5.41 Å². The Morgan fingerprint density at radius 2 is 1.90 bits per heavy atom. The predicted molar refractivity (Wildman–Crippen MR) is 123 cm³/mol. The minimum atomic E-state index is -0.0478. The number of ketones is 1. The number of carbonyl (C=O) groups is 1. The zero-order chi connectivity index (χ0) is 20.8. The number of rotatable bonds is 3. The Morgan fingerprint density at radius 1 is 1.21 bits per heavy atom. The van der Waals surface area contributed by atoms with Crippen LogP contribution >= 0.6 is 23.4 Å². The van der Waals surface area contributed by atoms with Crippen LogP contribution in [0.4, 0.5) is 0 Å². The number of thioether (sulfide) groups is 1. The lowest BCUT2D eigenvalue weighted by atomic mass is 9.70. The number of nitrogens with zero attached hydrogens (tertiary/aromatic N) is 2. The van der Waals surface area contributed by atoms with Gasteiger partial charge in [0.05, 0.1) is 11.4 Å². The molecule has 2 aromatic rings. The van der Waals surface area contributed by atoms with Crippen molar-refractivity contribution in [1.29, 1.82) is 0 Å². The molecule has 1 heterocycles. The normalized spacial score (nSPS) is 17.6. The number of amidine groups is 1. The lowest BCUT2D eigenvalue weighted by Crippen LogP contribution is -2.36. The molecule has 0 saturated carbocycles. The molecule has 1 aliphatic carbocycles. The van der Waals surface area contributed by atoms with E-state index in [0.717, 1.165) is 23.0 Å². The molecular formula is C24H23ClN2OS. The SMILES string of the molecule is C=C1C2=C(N=C(SCC(=O)c3ccc(Cl)cc3)N1C)c1ccccc1CC2(C)C. The van der Waals surface area contributed by atoms with Crippen molar-refractivity contribution in [3.8, 4) is 0 Å². The summed E-state index contributed by atoms with van der Waals surface area (Å²) in [5, 5.41) is 1.42. The van der Waals surface area contributed by atoms with Crippen LogP contribution in [0.25, 0.3) is 5.70 Å². The van der Waals surface area contributed by atoms with E-state index in [-0.39, 0.29) is 11.2 Å². The van der Waals surface area contributed by atoms with Gasteiger partial charge in [0.2, 0.25) is 0 Å². The number of carbonyl (C=O) groups excluding carboxylic acids is 1. The second-order valence-electron chi connectivity index (χ2n) is 8.06. The van der Waals surface area contributed by atoms with Crippen molar-refractivity contribution in [2.75, 3.05) is 12.8 Å². The van der Waals surface area contributed by atoms with Crippen LogP contribution in [0.5, 0.6) is 0 Å². The summed E-state index contributed by atoms with van der Waals surface area (Å²) >= 11 is 7.37. The van der Waals surface area contributed by atoms with E-state index >= 15 is 0 Å². The first kappa shape index (κ1) is 20.0. The van der Waals surface area contributed by atoms with Crippen LogP contribution in [0.15, 0.2) is 71.4 Å². The van der Waals surface area contributed by atoms with Gasteiger partial charge in [0.1, 0.15) is 0 Å². The Balaban J connectivity index is 1.66. The molecule has 0 fully saturated rings. The van der Waals surface area contributed by atoms with E-state index < -0.39 is 0 Å². The zero-order valence-electron chi connectivity index (χ0n) is 16.8. The second-order valence-corrected chi connectivity index (χ2v) is 9.44. The van der Waals surface area contributed by atoms with Crippen LogP contribution in [-0.4, -0.2) is 28.7 Å². The van der Waals surface area contributed by atoms with Gasteiger partial charge in [0.15, 0.2) is 11.0 Å². The second kappa shape index (κ2) is 7.51. The first-order valence-corrected chi connectivity index (χ1v) is 10.9. The third-order valence-electron chi connectivity index (χ3n) is 5.50. The Kier molecular flexibility index (Phi) is 5.18. The summed E-state index contributed by atoms with van der Waals surface area (Å²) in [6.45, 7) is 8.86. The summed E-state index contributed by atoms with van der Waals surface area (Å²) in [6.07, 6.45) is 0.960. The van der Waals surface area contributed by atoms with E-state index in [0.29, 0.717) is 16.3 Å². The van der Waals surface area contributed by atoms with Crippen LogP contribution in [0.2, 0.25) is 5.02 Å². The van der Waals surface area contributed by atoms with Crippen LogP contribution in [-0.2, 0) is 6.42 Å². The van der Waals surface area contributed by atoms with Crippen LogP contribution in [0.1, 0.15) is 35.3 Å². The van der Waals surface area contributed by atoms with E-state index in [4.69, 9.17) is 16.6 Å². The molecule has 148 valence electrons. The molecule has 2 aromatic carbocycles. The number of hydrogen-bond donors (Lipinski definition) is 0. The Bertz CT molecular complexity index is 1070. The Hall–Kier alpha value is -2.30. The number of likely N-dealkylation sites (N-methyl/N-ethyl adjacent to an activating group) is 1. The molecule has 0 aromatic heterocycles. The minimum Gasteiger partial charge on any atom is -0.324 e. The summed E-state index contributed by atoms with van der Waals surface area (Å²) < 4.78 is 0. The average molecular weight is 423 g/mol.